The number of nitrogens with zero attached hydrogens (tertiary/aromatic N) is 1. The third-order valence-corrected chi connectivity index (χ3v) is 6.22. The highest BCUT2D eigenvalue weighted by atomic mass is 16.6. The molecule has 30 heavy (non-hydrogen) atoms. The predicted octanol–water partition coefficient (Wildman–Crippen LogP) is 1.97. The van der Waals surface area contributed by atoms with Crippen LogP contribution in [0.4, 0.5) is 5.69 Å². The molecule has 2 fully saturated rings. The molecule has 2 aromatic rings. The highest BCUT2D eigenvalue weighted by Gasteiger charge is 2.66. The van der Waals surface area contributed by atoms with Gasteiger partial charge in [0.1, 0.15) is 24.6 Å². The molecule has 1 aromatic heterocycles. The van der Waals surface area contributed by atoms with Crippen molar-refractivity contribution in [3.05, 3.63) is 54.5 Å². The van der Waals surface area contributed by atoms with Gasteiger partial charge in [-0.05, 0) is 24.3 Å². The molecule has 1 N–H and O–H groups in total. The summed E-state index contributed by atoms with van der Waals surface area (Å²) >= 11 is 0. The van der Waals surface area contributed by atoms with E-state index in [-0.39, 0.29) is 11.8 Å². The lowest BCUT2D eigenvalue weighted by Crippen LogP contribution is -2.41. The van der Waals surface area contributed by atoms with Crippen molar-refractivity contribution in [1.82, 2.24) is 4.90 Å². The number of amides is 2. The van der Waals surface area contributed by atoms with Crippen LogP contribution in [0.1, 0.15) is 5.76 Å². The third kappa shape index (κ3) is 2.56. The smallest absolute Gasteiger partial charge is 0.231 e. The molecule has 0 radical (unpaired) electrons. The van der Waals surface area contributed by atoms with Crippen LogP contribution in [-0.4, -0.2) is 48.2 Å². The maximum Gasteiger partial charge on any atom is 0.231 e. The number of rotatable bonds is 4. The van der Waals surface area contributed by atoms with E-state index in [1.807, 2.05) is 18.2 Å². The van der Waals surface area contributed by atoms with Crippen molar-refractivity contribution in [3.8, 4) is 11.5 Å². The molecule has 4 atom stereocenters. The minimum atomic E-state index is -0.747. The van der Waals surface area contributed by atoms with Gasteiger partial charge in [0.25, 0.3) is 0 Å². The van der Waals surface area contributed by atoms with Gasteiger partial charge in [0, 0.05) is 11.8 Å². The van der Waals surface area contributed by atoms with Gasteiger partial charge >= 0.3 is 0 Å². The Morgan fingerprint density at radius 2 is 2.07 bits per heavy atom. The van der Waals surface area contributed by atoms with Gasteiger partial charge < -0.3 is 28.8 Å². The van der Waals surface area contributed by atoms with E-state index in [9.17, 15) is 9.59 Å². The maximum atomic E-state index is 13.2. The van der Waals surface area contributed by atoms with Gasteiger partial charge in [0.05, 0.1) is 37.3 Å². The Bertz CT molecular complexity index is 1050. The monoisotopic (exact) mass is 408 g/mol. The molecule has 0 aliphatic carbocycles. The number of hydrogen-bond acceptors (Lipinski definition) is 6. The molecule has 154 valence electrons. The summed E-state index contributed by atoms with van der Waals surface area (Å²) in [6.45, 7) is 1.76. The van der Waals surface area contributed by atoms with E-state index in [2.05, 4.69) is 5.32 Å². The van der Waals surface area contributed by atoms with E-state index in [0.717, 1.165) is 0 Å². The second-order valence-corrected chi connectivity index (χ2v) is 8.02. The van der Waals surface area contributed by atoms with E-state index in [1.165, 1.54) is 0 Å². The fraction of sp³-hybridized carbons (Fsp3) is 0.364. The second kappa shape index (κ2) is 6.37. The summed E-state index contributed by atoms with van der Waals surface area (Å²) in [7, 11) is 0. The molecule has 1 spiro atoms. The zero-order valence-corrected chi connectivity index (χ0v) is 16.1. The Hall–Kier alpha value is -3.26. The van der Waals surface area contributed by atoms with Crippen molar-refractivity contribution < 1.29 is 28.2 Å². The van der Waals surface area contributed by atoms with Gasteiger partial charge in [0.15, 0.2) is 11.5 Å². The number of furan rings is 1. The van der Waals surface area contributed by atoms with Gasteiger partial charge in [-0.2, -0.15) is 0 Å². The van der Waals surface area contributed by atoms with Crippen LogP contribution >= 0.6 is 0 Å². The molecule has 5 heterocycles. The van der Waals surface area contributed by atoms with Crippen LogP contribution in [-0.2, 0) is 20.9 Å². The van der Waals surface area contributed by atoms with Crippen LogP contribution in [0.5, 0.6) is 11.5 Å². The van der Waals surface area contributed by atoms with E-state index >= 15 is 0 Å². The maximum absolute atomic E-state index is 13.2. The van der Waals surface area contributed by atoms with Gasteiger partial charge in [-0.15, -0.1) is 0 Å². The lowest BCUT2D eigenvalue weighted by atomic mass is 9.77. The average molecular weight is 408 g/mol. The Kier molecular flexibility index (Phi) is 3.73. The van der Waals surface area contributed by atoms with Crippen molar-refractivity contribution in [2.24, 2.45) is 11.8 Å². The molecule has 4 aliphatic rings. The van der Waals surface area contributed by atoms with E-state index in [1.54, 1.807) is 35.4 Å². The highest BCUT2D eigenvalue weighted by molar-refractivity contribution is 5.99. The topological polar surface area (TPSA) is 90.2 Å². The van der Waals surface area contributed by atoms with Gasteiger partial charge in [-0.3, -0.25) is 9.59 Å². The van der Waals surface area contributed by atoms with Crippen molar-refractivity contribution in [2.45, 2.75) is 18.2 Å². The van der Waals surface area contributed by atoms with Crippen LogP contribution < -0.4 is 14.8 Å². The Morgan fingerprint density at radius 1 is 1.20 bits per heavy atom. The number of anilines is 1. The Balaban J connectivity index is 1.23. The first-order valence-corrected chi connectivity index (χ1v) is 10.0. The summed E-state index contributed by atoms with van der Waals surface area (Å²) in [6, 6.07) is 8.91. The molecule has 2 bridgehead atoms. The molecule has 8 nitrogen and oxygen atoms in total. The zero-order valence-electron chi connectivity index (χ0n) is 16.1. The lowest BCUT2D eigenvalue weighted by Gasteiger charge is -2.24. The number of ether oxygens (including phenoxy) is 3. The molecular weight excluding hydrogens is 388 g/mol. The predicted molar refractivity (Wildman–Crippen MR) is 104 cm³/mol. The highest BCUT2D eigenvalue weighted by Crippen LogP contribution is 2.52. The van der Waals surface area contributed by atoms with Crippen LogP contribution in [0.15, 0.2) is 53.2 Å². The summed E-state index contributed by atoms with van der Waals surface area (Å²) in [6.07, 6.45) is 5.02. The lowest BCUT2D eigenvalue weighted by molar-refractivity contribution is -0.136. The number of carbonyl (C=O) groups is 2. The van der Waals surface area contributed by atoms with Crippen molar-refractivity contribution in [3.63, 3.8) is 0 Å². The van der Waals surface area contributed by atoms with Crippen LogP contribution in [0.25, 0.3) is 0 Å². The van der Waals surface area contributed by atoms with Gasteiger partial charge in [-0.25, -0.2) is 0 Å². The first-order chi connectivity index (χ1) is 14.6. The van der Waals surface area contributed by atoms with E-state index < -0.39 is 23.5 Å². The standard InChI is InChI=1S/C22H20N2O6/c25-20(23-13-3-4-15-17(10-13)29-9-8-28-15)18-16-5-6-22(30-16)12-24(21(26)19(18)22)11-14-2-1-7-27-14/h1-7,10,16,18-19H,8-9,11-12H2,(H,23,25)/t16-,18-,19+,22-/m0/s1. The van der Waals surface area contributed by atoms with Crippen LogP contribution in [0.3, 0.4) is 0 Å². The minimum Gasteiger partial charge on any atom is -0.486 e. The minimum absolute atomic E-state index is 0.0828. The quantitative estimate of drug-likeness (QED) is 0.778. The number of hydrogen-bond donors (Lipinski definition) is 1. The third-order valence-electron chi connectivity index (χ3n) is 6.22. The van der Waals surface area contributed by atoms with Gasteiger partial charge in [-0.1, -0.05) is 12.2 Å². The van der Waals surface area contributed by atoms with E-state index in [0.29, 0.717) is 49.2 Å². The molecule has 2 saturated heterocycles. The number of benzene rings is 1. The molecule has 4 aliphatic heterocycles. The number of nitrogens with one attached hydrogen (secondary N) is 1. The van der Waals surface area contributed by atoms with Crippen molar-refractivity contribution in [2.75, 3.05) is 25.1 Å². The fourth-order valence-corrected chi connectivity index (χ4v) is 4.95. The average Bonchev–Trinajstić information content (AvgIpc) is 3.51. The second-order valence-electron chi connectivity index (χ2n) is 8.02. The first-order valence-electron chi connectivity index (χ1n) is 10.0. The van der Waals surface area contributed by atoms with Crippen LogP contribution in [0.2, 0.25) is 0 Å². The SMILES string of the molecule is O=C(Nc1ccc2c(c1)OCCO2)[C@H]1[C@@H]2C=C[C@@]3(CN(Cc4ccco4)C(=O)[C@@H]13)O2. The molecule has 8 heteroatoms. The molecule has 2 amide bonds. The van der Waals surface area contributed by atoms with Crippen LogP contribution in [0, 0.1) is 11.8 Å². The van der Waals surface area contributed by atoms with Crippen molar-refractivity contribution >= 4 is 17.5 Å². The number of fused-ring (bicyclic) bond motifs is 2. The molecule has 1 aromatic carbocycles. The summed E-state index contributed by atoms with van der Waals surface area (Å²) < 4.78 is 22.7. The van der Waals surface area contributed by atoms with Gasteiger partial charge in [0.2, 0.25) is 11.8 Å². The zero-order chi connectivity index (χ0) is 20.3. The Labute approximate surface area is 172 Å². The summed E-state index contributed by atoms with van der Waals surface area (Å²) in [4.78, 5) is 28.1. The molecule has 6 rings (SSSR count). The fourth-order valence-electron chi connectivity index (χ4n) is 4.95. The Morgan fingerprint density at radius 3 is 2.90 bits per heavy atom. The summed E-state index contributed by atoms with van der Waals surface area (Å²) in [5.74, 6) is 0.513. The number of carbonyl (C=O) groups excluding carboxylic acids is 2. The molecular formula is C22H20N2O6. The number of likely N-dealkylation sites (tertiary alicyclic amines) is 1. The first kappa shape index (κ1) is 17.6. The summed E-state index contributed by atoms with van der Waals surface area (Å²) in [5.41, 5.74) is -0.147. The van der Waals surface area contributed by atoms with Crippen molar-refractivity contribution in [1.29, 1.82) is 0 Å². The normalized spacial score (nSPS) is 30.6. The largest absolute Gasteiger partial charge is 0.486 e. The van der Waals surface area contributed by atoms with E-state index in [4.69, 9.17) is 18.6 Å². The molecule has 0 unspecified atom stereocenters. The molecule has 0 saturated carbocycles. The summed E-state index contributed by atoms with van der Waals surface area (Å²) in [5, 5.41) is 2.93.